The number of fused-ring (bicyclic) bond motifs is 1. The summed E-state index contributed by atoms with van der Waals surface area (Å²) < 4.78 is 5.52. The second kappa shape index (κ2) is 7.76. The van der Waals surface area contributed by atoms with Gasteiger partial charge in [0.25, 0.3) is 0 Å². The first-order valence-electron chi connectivity index (χ1n) is 8.13. The lowest BCUT2D eigenvalue weighted by Crippen LogP contribution is -2.43. The first-order chi connectivity index (χ1) is 12.5. The fraction of sp³-hybridized carbons (Fsp3) is 0.158. The molecule has 1 aromatic heterocycles. The van der Waals surface area contributed by atoms with Crippen molar-refractivity contribution in [3.63, 3.8) is 0 Å². The molecule has 3 N–H and O–H groups in total. The van der Waals surface area contributed by atoms with E-state index < -0.39 is 5.91 Å². The molecule has 3 aromatic rings. The van der Waals surface area contributed by atoms with Crippen molar-refractivity contribution in [2.75, 3.05) is 5.32 Å². The van der Waals surface area contributed by atoms with Crippen LogP contribution in [0.4, 0.5) is 5.69 Å². The van der Waals surface area contributed by atoms with Crippen LogP contribution < -0.4 is 16.2 Å². The number of carbonyl (C=O) groups is 1. The molecule has 0 spiro atoms. The first kappa shape index (κ1) is 18.2. The van der Waals surface area contributed by atoms with E-state index >= 15 is 0 Å². The molecule has 0 atom stereocenters. The molecule has 0 saturated heterocycles. The summed E-state index contributed by atoms with van der Waals surface area (Å²) in [5, 5.41) is 4.76. The van der Waals surface area contributed by atoms with Gasteiger partial charge in [-0.15, -0.1) is 0 Å². The van der Waals surface area contributed by atoms with E-state index in [1.165, 1.54) is 0 Å². The molecule has 0 unspecified atom stereocenters. The van der Waals surface area contributed by atoms with E-state index in [2.05, 4.69) is 23.1 Å². The van der Waals surface area contributed by atoms with Gasteiger partial charge in [0.1, 0.15) is 5.58 Å². The Morgan fingerprint density at radius 2 is 2.00 bits per heavy atom. The molecule has 0 aliphatic rings. The lowest BCUT2D eigenvalue weighted by molar-refractivity contribution is 0.0918. The second-order valence-corrected chi connectivity index (χ2v) is 6.63. The standard InChI is InChI=1S/C19H18ClN3O2S/c1-3-12-6-4-5-11(2)17(12)21-19(26)23-22-18(24)16-10-13-9-14(20)7-8-15(13)25-16/h4-10H,3H2,1-2H3,(H,22,24)(H2,21,23,26). The SMILES string of the molecule is CCc1cccc(C)c1NC(=S)NNC(=O)c1cc2cc(Cl)ccc2o1. The van der Waals surface area contributed by atoms with Gasteiger partial charge in [-0.2, -0.15) is 0 Å². The van der Waals surface area contributed by atoms with Crippen LogP contribution in [0.15, 0.2) is 46.9 Å². The van der Waals surface area contributed by atoms with Gasteiger partial charge >= 0.3 is 5.91 Å². The topological polar surface area (TPSA) is 66.3 Å². The number of hydrogen-bond acceptors (Lipinski definition) is 3. The highest BCUT2D eigenvalue weighted by molar-refractivity contribution is 7.80. The zero-order chi connectivity index (χ0) is 18.7. The molecule has 0 fully saturated rings. The zero-order valence-corrected chi connectivity index (χ0v) is 15.9. The van der Waals surface area contributed by atoms with Crippen LogP contribution in [0.25, 0.3) is 11.0 Å². The van der Waals surface area contributed by atoms with E-state index in [0.29, 0.717) is 15.7 Å². The van der Waals surface area contributed by atoms with Gasteiger partial charge in [0.2, 0.25) is 0 Å². The Labute approximate surface area is 161 Å². The Bertz CT molecular complexity index is 984. The number of thiocarbonyl (C=S) groups is 1. The van der Waals surface area contributed by atoms with Crippen LogP contribution >= 0.6 is 23.8 Å². The minimum atomic E-state index is -0.429. The number of rotatable bonds is 3. The van der Waals surface area contributed by atoms with Crippen molar-refractivity contribution in [2.24, 2.45) is 0 Å². The van der Waals surface area contributed by atoms with Crippen LogP contribution in [0.5, 0.6) is 0 Å². The molecule has 134 valence electrons. The Morgan fingerprint density at radius 3 is 2.77 bits per heavy atom. The number of aryl methyl sites for hydroxylation is 2. The molecule has 0 aliphatic heterocycles. The van der Waals surface area contributed by atoms with Gasteiger partial charge < -0.3 is 9.73 Å². The number of amides is 1. The molecule has 3 rings (SSSR count). The summed E-state index contributed by atoms with van der Waals surface area (Å²) in [4.78, 5) is 12.3. The zero-order valence-electron chi connectivity index (χ0n) is 14.4. The molecular formula is C19H18ClN3O2S. The lowest BCUT2D eigenvalue weighted by Gasteiger charge is -2.15. The largest absolute Gasteiger partial charge is 0.451 e. The third-order valence-electron chi connectivity index (χ3n) is 3.97. The van der Waals surface area contributed by atoms with E-state index in [1.807, 2.05) is 25.1 Å². The molecule has 1 heterocycles. The molecule has 26 heavy (non-hydrogen) atoms. The van der Waals surface area contributed by atoms with Crippen LogP contribution in [0.2, 0.25) is 5.02 Å². The number of hydrogen-bond donors (Lipinski definition) is 3. The average Bonchev–Trinajstić information content (AvgIpc) is 3.04. The molecule has 7 heteroatoms. The summed E-state index contributed by atoms with van der Waals surface area (Å²) in [5.74, 6) is -0.260. The average molecular weight is 388 g/mol. The molecule has 1 amide bonds. The Morgan fingerprint density at radius 1 is 1.19 bits per heavy atom. The summed E-state index contributed by atoms with van der Waals surface area (Å²) in [5.41, 5.74) is 8.99. The summed E-state index contributed by atoms with van der Waals surface area (Å²) >= 11 is 11.2. The number of furan rings is 1. The second-order valence-electron chi connectivity index (χ2n) is 5.79. The van der Waals surface area contributed by atoms with Crippen molar-refractivity contribution in [2.45, 2.75) is 20.3 Å². The number of hydrazine groups is 1. The maximum Gasteiger partial charge on any atom is 0.305 e. The third kappa shape index (κ3) is 3.98. The van der Waals surface area contributed by atoms with E-state index in [-0.39, 0.29) is 5.76 Å². The summed E-state index contributed by atoms with van der Waals surface area (Å²) in [6.45, 7) is 4.08. The Balaban J connectivity index is 1.64. The summed E-state index contributed by atoms with van der Waals surface area (Å²) in [6.07, 6.45) is 0.876. The van der Waals surface area contributed by atoms with Crippen molar-refractivity contribution >= 4 is 51.5 Å². The van der Waals surface area contributed by atoms with Crippen LogP contribution in [0.3, 0.4) is 0 Å². The van der Waals surface area contributed by atoms with Crippen molar-refractivity contribution in [1.29, 1.82) is 0 Å². The highest BCUT2D eigenvalue weighted by Crippen LogP contribution is 2.23. The van der Waals surface area contributed by atoms with Crippen molar-refractivity contribution in [3.8, 4) is 0 Å². The fourth-order valence-corrected chi connectivity index (χ4v) is 2.98. The Kier molecular flexibility index (Phi) is 5.44. The lowest BCUT2D eigenvalue weighted by atomic mass is 10.1. The predicted octanol–water partition coefficient (Wildman–Crippen LogP) is 4.59. The molecule has 0 saturated carbocycles. The van der Waals surface area contributed by atoms with Crippen LogP contribution in [-0.4, -0.2) is 11.0 Å². The molecule has 5 nitrogen and oxygen atoms in total. The number of anilines is 1. The molecule has 0 bridgehead atoms. The Hall–Kier alpha value is -2.57. The van der Waals surface area contributed by atoms with Gasteiger partial charge in [0, 0.05) is 16.1 Å². The maximum atomic E-state index is 12.3. The number of para-hydroxylation sites is 1. The highest BCUT2D eigenvalue weighted by atomic mass is 35.5. The van der Waals surface area contributed by atoms with Crippen LogP contribution in [0.1, 0.15) is 28.6 Å². The van der Waals surface area contributed by atoms with Crippen molar-refractivity contribution in [3.05, 3.63) is 64.4 Å². The van der Waals surface area contributed by atoms with Gasteiger partial charge in [-0.3, -0.25) is 15.6 Å². The number of benzene rings is 2. The molecule has 0 radical (unpaired) electrons. The minimum absolute atomic E-state index is 0.169. The smallest absolute Gasteiger partial charge is 0.305 e. The highest BCUT2D eigenvalue weighted by Gasteiger charge is 2.13. The summed E-state index contributed by atoms with van der Waals surface area (Å²) in [6, 6.07) is 12.8. The first-order valence-corrected chi connectivity index (χ1v) is 8.91. The maximum absolute atomic E-state index is 12.3. The van der Waals surface area contributed by atoms with Gasteiger partial charge in [0.15, 0.2) is 10.9 Å². The van der Waals surface area contributed by atoms with Crippen molar-refractivity contribution in [1.82, 2.24) is 10.9 Å². The van der Waals surface area contributed by atoms with Gasteiger partial charge in [-0.1, -0.05) is 36.7 Å². The summed E-state index contributed by atoms with van der Waals surface area (Å²) in [7, 11) is 0. The molecule has 2 aromatic carbocycles. The number of halogens is 1. The number of nitrogens with one attached hydrogen (secondary N) is 3. The molecular weight excluding hydrogens is 370 g/mol. The van der Waals surface area contributed by atoms with Crippen LogP contribution in [-0.2, 0) is 6.42 Å². The van der Waals surface area contributed by atoms with Gasteiger partial charge in [-0.05, 0) is 61.0 Å². The van der Waals surface area contributed by atoms with Gasteiger partial charge in [0.05, 0.1) is 0 Å². The fourth-order valence-electron chi connectivity index (χ4n) is 2.65. The van der Waals surface area contributed by atoms with Gasteiger partial charge in [-0.25, -0.2) is 0 Å². The monoisotopic (exact) mass is 387 g/mol. The number of carbonyl (C=O) groups excluding carboxylic acids is 1. The van der Waals surface area contributed by atoms with E-state index in [1.54, 1.807) is 24.3 Å². The van der Waals surface area contributed by atoms with E-state index in [9.17, 15) is 4.79 Å². The van der Waals surface area contributed by atoms with E-state index in [4.69, 9.17) is 28.2 Å². The normalized spacial score (nSPS) is 10.6. The quantitative estimate of drug-likeness (QED) is 0.453. The predicted molar refractivity (Wildman–Crippen MR) is 109 cm³/mol. The third-order valence-corrected chi connectivity index (χ3v) is 4.41. The minimum Gasteiger partial charge on any atom is -0.451 e. The molecule has 0 aliphatic carbocycles. The van der Waals surface area contributed by atoms with E-state index in [0.717, 1.165) is 28.6 Å². The van der Waals surface area contributed by atoms with Crippen molar-refractivity contribution < 1.29 is 9.21 Å². The van der Waals surface area contributed by atoms with Crippen LogP contribution in [0, 0.1) is 6.92 Å².